The number of methoxy groups -OCH3 is 1. The van der Waals surface area contributed by atoms with Gasteiger partial charge in [0.2, 0.25) is 0 Å². The molecule has 0 aliphatic carbocycles. The number of nitrogens with two attached hydrogens (primary N) is 1. The molecule has 1 atom stereocenters. The van der Waals surface area contributed by atoms with Crippen molar-refractivity contribution in [1.82, 2.24) is 5.32 Å². The molecule has 3 N–H and O–H groups in total. The summed E-state index contributed by atoms with van der Waals surface area (Å²) < 4.78 is 5.05. The van der Waals surface area contributed by atoms with Gasteiger partial charge in [-0.25, -0.2) is 4.99 Å². The van der Waals surface area contributed by atoms with Crippen molar-refractivity contribution in [3.05, 3.63) is 29.3 Å². The molecule has 1 aromatic carbocycles. The van der Waals surface area contributed by atoms with Gasteiger partial charge in [0.05, 0.1) is 13.2 Å². The van der Waals surface area contributed by atoms with E-state index < -0.39 is 0 Å². The highest BCUT2D eigenvalue weighted by Gasteiger charge is 2.05. The fourth-order valence-corrected chi connectivity index (χ4v) is 1.98. The number of nitrogens with zero attached hydrogens (tertiary/aromatic N) is 2. The van der Waals surface area contributed by atoms with Gasteiger partial charge in [-0.1, -0.05) is 12.1 Å². The molecule has 1 unspecified atom stereocenters. The Hall–Kier alpha value is -1.02. The molecule has 0 aliphatic heterocycles. The average molecular weight is 406 g/mol. The van der Waals surface area contributed by atoms with Gasteiger partial charge in [0.1, 0.15) is 0 Å². The van der Waals surface area contributed by atoms with Crippen molar-refractivity contribution in [1.29, 1.82) is 0 Å². The van der Waals surface area contributed by atoms with Crippen LogP contribution in [0.5, 0.6) is 0 Å². The summed E-state index contributed by atoms with van der Waals surface area (Å²) in [7, 11) is 5.73. The first-order valence-corrected chi connectivity index (χ1v) is 6.76. The normalized spacial score (nSPS) is 12.5. The molecule has 0 aromatic heterocycles. The van der Waals surface area contributed by atoms with E-state index in [1.807, 2.05) is 21.0 Å². The zero-order valence-corrected chi connectivity index (χ0v) is 15.8. The van der Waals surface area contributed by atoms with E-state index in [0.29, 0.717) is 19.1 Å². The molecule has 21 heavy (non-hydrogen) atoms. The lowest BCUT2D eigenvalue weighted by molar-refractivity contribution is 0.179. The second-order valence-corrected chi connectivity index (χ2v) is 5.23. The Bertz CT molecular complexity index is 463. The van der Waals surface area contributed by atoms with Crippen LogP contribution in [-0.4, -0.2) is 39.8 Å². The number of benzene rings is 1. The maximum Gasteiger partial charge on any atom is 0.189 e. The van der Waals surface area contributed by atoms with Crippen LogP contribution in [0.2, 0.25) is 0 Å². The van der Waals surface area contributed by atoms with Crippen LogP contribution in [0.3, 0.4) is 0 Å². The maximum absolute atomic E-state index is 5.88. The maximum atomic E-state index is 5.88. The summed E-state index contributed by atoms with van der Waals surface area (Å²) >= 11 is 0. The van der Waals surface area contributed by atoms with E-state index in [1.165, 1.54) is 11.3 Å². The van der Waals surface area contributed by atoms with Crippen LogP contribution in [0.25, 0.3) is 0 Å². The molecule has 0 fully saturated rings. The van der Waals surface area contributed by atoms with Crippen LogP contribution >= 0.6 is 24.0 Å². The summed E-state index contributed by atoms with van der Waals surface area (Å²) in [5.41, 5.74) is 9.45. The smallest absolute Gasteiger partial charge is 0.189 e. The highest BCUT2D eigenvalue weighted by atomic mass is 127. The van der Waals surface area contributed by atoms with Crippen LogP contribution in [0, 0.1) is 6.92 Å². The van der Waals surface area contributed by atoms with Gasteiger partial charge in [-0.3, -0.25) is 0 Å². The molecule has 1 aromatic rings. The summed E-state index contributed by atoms with van der Waals surface area (Å²) in [5.74, 6) is 0.444. The van der Waals surface area contributed by atoms with E-state index in [4.69, 9.17) is 10.5 Å². The molecule has 0 radical (unpaired) electrons. The second-order valence-electron chi connectivity index (χ2n) is 5.23. The lowest BCUT2D eigenvalue weighted by Gasteiger charge is -2.18. The Morgan fingerprint density at radius 1 is 1.43 bits per heavy atom. The number of ether oxygens (including phenoxy) is 1. The van der Waals surface area contributed by atoms with Gasteiger partial charge in [-0.15, -0.1) is 24.0 Å². The molecule has 120 valence electrons. The minimum atomic E-state index is 0. The lowest BCUT2D eigenvalue weighted by Crippen LogP contribution is -2.40. The number of aryl methyl sites for hydroxylation is 1. The third kappa shape index (κ3) is 6.99. The summed E-state index contributed by atoms with van der Waals surface area (Å²) in [6.45, 7) is 5.25. The molecule has 1 rings (SSSR count). The molecule has 0 saturated carbocycles. The van der Waals surface area contributed by atoms with Crippen molar-refractivity contribution in [2.45, 2.75) is 26.4 Å². The van der Waals surface area contributed by atoms with Crippen molar-refractivity contribution in [2.24, 2.45) is 10.7 Å². The number of aliphatic imine (C=N–C) groups is 1. The molecule has 6 heteroatoms. The van der Waals surface area contributed by atoms with E-state index >= 15 is 0 Å². The van der Waals surface area contributed by atoms with Gasteiger partial charge in [-0.05, 0) is 31.0 Å². The summed E-state index contributed by atoms with van der Waals surface area (Å²) in [6, 6.07) is 6.49. The highest BCUT2D eigenvalue weighted by Crippen LogP contribution is 2.20. The zero-order chi connectivity index (χ0) is 15.1. The topological polar surface area (TPSA) is 62.9 Å². The molecule has 0 aliphatic rings. The van der Waals surface area contributed by atoms with Gasteiger partial charge in [0.25, 0.3) is 0 Å². The third-order valence-corrected chi connectivity index (χ3v) is 2.95. The first-order valence-electron chi connectivity index (χ1n) is 6.76. The van der Waals surface area contributed by atoms with Crippen LogP contribution in [0.1, 0.15) is 18.1 Å². The fourth-order valence-electron chi connectivity index (χ4n) is 1.98. The largest absolute Gasteiger partial charge is 0.383 e. The fraction of sp³-hybridized carbons (Fsp3) is 0.533. The van der Waals surface area contributed by atoms with Crippen LogP contribution in [-0.2, 0) is 11.3 Å². The molecule has 0 amide bonds. The van der Waals surface area contributed by atoms with Crippen molar-refractivity contribution in [2.75, 3.05) is 32.7 Å². The van der Waals surface area contributed by atoms with Crippen LogP contribution < -0.4 is 16.0 Å². The minimum absolute atomic E-state index is 0. The molecule has 5 nitrogen and oxygen atoms in total. The second kappa shape index (κ2) is 9.83. The molecule has 0 bridgehead atoms. The third-order valence-electron chi connectivity index (χ3n) is 2.95. The average Bonchev–Trinajstić information content (AvgIpc) is 2.37. The highest BCUT2D eigenvalue weighted by molar-refractivity contribution is 14.0. The van der Waals surface area contributed by atoms with Crippen LogP contribution in [0.4, 0.5) is 5.69 Å². The predicted octanol–water partition coefficient (Wildman–Crippen LogP) is 2.12. The summed E-state index contributed by atoms with van der Waals surface area (Å²) in [4.78, 5) is 6.48. The Morgan fingerprint density at radius 3 is 2.67 bits per heavy atom. The predicted molar refractivity (Wildman–Crippen MR) is 101 cm³/mol. The van der Waals surface area contributed by atoms with Gasteiger partial charge >= 0.3 is 0 Å². The van der Waals surface area contributed by atoms with E-state index in [2.05, 4.69) is 40.3 Å². The first kappa shape index (κ1) is 20.0. The molecule has 0 saturated heterocycles. The Morgan fingerprint density at radius 2 is 2.10 bits per heavy atom. The van der Waals surface area contributed by atoms with Gasteiger partial charge in [0.15, 0.2) is 5.96 Å². The number of anilines is 1. The van der Waals surface area contributed by atoms with E-state index in [9.17, 15) is 0 Å². The summed E-state index contributed by atoms with van der Waals surface area (Å²) in [5, 5.41) is 3.10. The van der Waals surface area contributed by atoms with Gasteiger partial charge in [-0.2, -0.15) is 0 Å². The number of guanidine groups is 1. The molecular formula is C15H27IN4O. The SMILES string of the molecule is COCC(C)NC(N)=NCc1ccc(C)cc1N(C)C.I. The Labute approximate surface area is 145 Å². The van der Waals surface area contributed by atoms with Crippen molar-refractivity contribution in [3.63, 3.8) is 0 Å². The van der Waals surface area contributed by atoms with E-state index in [0.717, 1.165) is 5.56 Å². The molecule has 0 heterocycles. The Kier molecular flexibility index (Phi) is 9.36. The Balaban J connectivity index is 0.00000400. The number of rotatable bonds is 6. The number of halogens is 1. The van der Waals surface area contributed by atoms with Gasteiger partial charge < -0.3 is 20.7 Å². The zero-order valence-electron chi connectivity index (χ0n) is 13.5. The van der Waals surface area contributed by atoms with Gasteiger partial charge in [0, 0.05) is 32.9 Å². The monoisotopic (exact) mass is 406 g/mol. The summed E-state index contributed by atoms with van der Waals surface area (Å²) in [6.07, 6.45) is 0. The van der Waals surface area contributed by atoms with Crippen LogP contribution in [0.15, 0.2) is 23.2 Å². The molecule has 0 spiro atoms. The first-order chi connectivity index (χ1) is 9.43. The number of hydrogen-bond donors (Lipinski definition) is 2. The molecular weight excluding hydrogens is 379 g/mol. The number of nitrogens with one attached hydrogen (secondary N) is 1. The number of hydrogen-bond acceptors (Lipinski definition) is 3. The van der Waals surface area contributed by atoms with E-state index in [1.54, 1.807) is 7.11 Å². The van der Waals surface area contributed by atoms with Crippen molar-refractivity contribution in [3.8, 4) is 0 Å². The minimum Gasteiger partial charge on any atom is -0.383 e. The van der Waals surface area contributed by atoms with E-state index in [-0.39, 0.29) is 30.0 Å². The quantitative estimate of drug-likeness (QED) is 0.432. The lowest BCUT2D eigenvalue weighted by atomic mass is 10.1. The van der Waals surface area contributed by atoms with Crippen molar-refractivity contribution >= 4 is 35.6 Å². The standard InChI is InChI=1S/C15H26N4O.HI/c1-11-6-7-13(14(8-11)19(3)4)9-17-15(16)18-12(2)10-20-5;/h6-8,12H,9-10H2,1-5H3,(H3,16,17,18);1H. The van der Waals surface area contributed by atoms with Crippen molar-refractivity contribution < 1.29 is 4.74 Å².